The summed E-state index contributed by atoms with van der Waals surface area (Å²) in [6.45, 7) is 0. The molecule has 2 N–H and O–H groups in total. The number of anilines is 1. The fraction of sp³-hybridized carbons (Fsp3) is 0. The molecule has 0 amide bonds. The van der Waals surface area contributed by atoms with Crippen LogP contribution in [0.15, 0.2) is 30.3 Å². The molecule has 0 bridgehead atoms. The SMILES string of the molecule is Nc1nc2cc(-c3ccc(Cl)cc3)sc2s1. The molecule has 0 aliphatic rings. The fourth-order valence-electron chi connectivity index (χ4n) is 1.51. The lowest BCUT2D eigenvalue weighted by atomic mass is 10.2. The summed E-state index contributed by atoms with van der Waals surface area (Å²) in [5.74, 6) is 0. The predicted octanol–water partition coefficient (Wildman–Crippen LogP) is 4.26. The van der Waals surface area contributed by atoms with Crippen LogP contribution >= 0.6 is 34.3 Å². The molecule has 3 aromatic rings. The Bertz CT molecular complexity index is 608. The number of fused-ring (bicyclic) bond motifs is 1. The second-order valence-electron chi connectivity index (χ2n) is 3.34. The minimum absolute atomic E-state index is 0.629. The van der Waals surface area contributed by atoms with E-state index in [0.29, 0.717) is 5.13 Å². The molecule has 0 saturated heterocycles. The van der Waals surface area contributed by atoms with Gasteiger partial charge in [-0.1, -0.05) is 35.1 Å². The first-order valence-electron chi connectivity index (χ1n) is 4.64. The van der Waals surface area contributed by atoms with Crippen LogP contribution < -0.4 is 5.73 Å². The highest BCUT2D eigenvalue weighted by molar-refractivity contribution is 7.40. The van der Waals surface area contributed by atoms with Crippen LogP contribution in [0.4, 0.5) is 5.13 Å². The monoisotopic (exact) mass is 266 g/mol. The number of halogens is 1. The number of rotatable bonds is 1. The first-order chi connectivity index (χ1) is 7.72. The van der Waals surface area contributed by atoms with E-state index >= 15 is 0 Å². The van der Waals surface area contributed by atoms with Gasteiger partial charge in [-0.3, -0.25) is 0 Å². The highest BCUT2D eigenvalue weighted by Crippen LogP contribution is 2.37. The van der Waals surface area contributed by atoms with Crippen LogP contribution in [0.2, 0.25) is 5.02 Å². The summed E-state index contributed by atoms with van der Waals surface area (Å²) in [7, 11) is 0. The zero-order valence-electron chi connectivity index (χ0n) is 8.11. The van der Waals surface area contributed by atoms with Crippen molar-refractivity contribution in [3.8, 4) is 10.4 Å². The van der Waals surface area contributed by atoms with Crippen LogP contribution in [0.25, 0.3) is 20.0 Å². The molecule has 80 valence electrons. The van der Waals surface area contributed by atoms with E-state index in [9.17, 15) is 0 Å². The number of hydrogen-bond donors (Lipinski definition) is 1. The molecule has 1 aromatic carbocycles. The van der Waals surface area contributed by atoms with Gasteiger partial charge in [-0.2, -0.15) is 0 Å². The molecule has 0 radical (unpaired) electrons. The molecule has 2 nitrogen and oxygen atoms in total. The van der Waals surface area contributed by atoms with Crippen LogP contribution in [0.1, 0.15) is 0 Å². The van der Waals surface area contributed by atoms with Gasteiger partial charge in [0, 0.05) is 9.90 Å². The van der Waals surface area contributed by atoms with Crippen molar-refractivity contribution in [2.24, 2.45) is 0 Å². The predicted molar refractivity (Wildman–Crippen MR) is 72.4 cm³/mol. The van der Waals surface area contributed by atoms with E-state index in [1.807, 2.05) is 24.3 Å². The lowest BCUT2D eigenvalue weighted by Gasteiger charge is -1.95. The first kappa shape index (κ1) is 10.1. The maximum atomic E-state index is 5.85. The van der Waals surface area contributed by atoms with Crippen LogP contribution in [0.3, 0.4) is 0 Å². The Labute approximate surface area is 105 Å². The lowest BCUT2D eigenvalue weighted by Crippen LogP contribution is -1.79. The standard InChI is InChI=1S/C11H7ClN2S2/c12-7-3-1-6(2-4-7)9-5-8-10(15-9)16-11(13)14-8/h1-5H,(H2,13,14). The van der Waals surface area contributed by atoms with Gasteiger partial charge in [-0.25, -0.2) is 4.98 Å². The van der Waals surface area contributed by atoms with Crippen molar-refractivity contribution in [2.75, 3.05) is 5.73 Å². The highest BCUT2D eigenvalue weighted by Gasteiger charge is 2.08. The molecule has 0 fully saturated rings. The van der Waals surface area contributed by atoms with Gasteiger partial charge < -0.3 is 5.73 Å². The van der Waals surface area contributed by atoms with E-state index in [0.717, 1.165) is 16.1 Å². The number of nitrogens with two attached hydrogens (primary N) is 1. The van der Waals surface area contributed by atoms with E-state index in [1.54, 1.807) is 11.3 Å². The number of thiophene rings is 1. The summed E-state index contributed by atoms with van der Waals surface area (Å²) < 4.78 is 1.17. The topological polar surface area (TPSA) is 38.9 Å². The Morgan fingerprint density at radius 1 is 1.12 bits per heavy atom. The first-order valence-corrected chi connectivity index (χ1v) is 6.65. The maximum absolute atomic E-state index is 5.85. The largest absolute Gasteiger partial charge is 0.375 e. The van der Waals surface area contributed by atoms with Crippen molar-refractivity contribution >= 4 is 48.9 Å². The zero-order valence-corrected chi connectivity index (χ0v) is 10.5. The van der Waals surface area contributed by atoms with Gasteiger partial charge in [0.1, 0.15) is 4.01 Å². The highest BCUT2D eigenvalue weighted by atomic mass is 35.5. The molecular formula is C11H7ClN2S2. The number of nitrogen functional groups attached to an aromatic ring is 1. The van der Waals surface area contributed by atoms with Gasteiger partial charge in [0.15, 0.2) is 5.13 Å². The number of thiazole rings is 1. The third kappa shape index (κ3) is 1.69. The Morgan fingerprint density at radius 2 is 1.88 bits per heavy atom. The molecule has 0 spiro atoms. The minimum Gasteiger partial charge on any atom is -0.375 e. The van der Waals surface area contributed by atoms with Crippen molar-refractivity contribution in [2.45, 2.75) is 0 Å². The Balaban J connectivity index is 2.11. The Morgan fingerprint density at radius 3 is 2.56 bits per heavy atom. The minimum atomic E-state index is 0.629. The zero-order chi connectivity index (χ0) is 11.1. The number of nitrogens with zero attached hydrogens (tertiary/aromatic N) is 1. The molecule has 2 aromatic heterocycles. The molecular weight excluding hydrogens is 260 g/mol. The molecule has 0 aliphatic heterocycles. The summed E-state index contributed by atoms with van der Waals surface area (Å²) in [5, 5.41) is 1.38. The molecule has 0 atom stereocenters. The van der Waals surface area contributed by atoms with Gasteiger partial charge >= 0.3 is 0 Å². The lowest BCUT2D eigenvalue weighted by molar-refractivity contribution is 1.51. The average Bonchev–Trinajstić information content (AvgIpc) is 2.75. The molecule has 0 saturated carbocycles. The molecule has 3 rings (SSSR count). The van der Waals surface area contributed by atoms with Crippen molar-refractivity contribution in [1.29, 1.82) is 0 Å². The van der Waals surface area contributed by atoms with Crippen LogP contribution in [0.5, 0.6) is 0 Å². The van der Waals surface area contributed by atoms with Gasteiger partial charge in [-0.15, -0.1) is 11.3 Å². The second kappa shape index (κ2) is 3.73. The Kier molecular flexibility index (Phi) is 2.35. The van der Waals surface area contributed by atoms with Crippen molar-refractivity contribution in [1.82, 2.24) is 4.98 Å². The van der Waals surface area contributed by atoms with Crippen molar-refractivity contribution in [3.05, 3.63) is 35.4 Å². The summed E-state index contributed by atoms with van der Waals surface area (Å²) in [5.41, 5.74) is 7.79. The van der Waals surface area contributed by atoms with Gasteiger partial charge in [0.25, 0.3) is 0 Å². The molecule has 5 heteroatoms. The molecule has 16 heavy (non-hydrogen) atoms. The van der Waals surface area contributed by atoms with Crippen molar-refractivity contribution in [3.63, 3.8) is 0 Å². The van der Waals surface area contributed by atoms with Crippen molar-refractivity contribution < 1.29 is 0 Å². The maximum Gasteiger partial charge on any atom is 0.181 e. The second-order valence-corrected chi connectivity index (χ2v) is 6.12. The summed E-state index contributed by atoms with van der Waals surface area (Å²) >= 11 is 9.09. The summed E-state index contributed by atoms with van der Waals surface area (Å²) in [6.07, 6.45) is 0. The van der Waals surface area contributed by atoms with Crippen LogP contribution in [0, 0.1) is 0 Å². The van der Waals surface area contributed by atoms with E-state index in [2.05, 4.69) is 11.1 Å². The van der Waals surface area contributed by atoms with E-state index in [4.69, 9.17) is 17.3 Å². The summed E-state index contributed by atoms with van der Waals surface area (Å²) in [4.78, 5) is 5.46. The Hall–Kier alpha value is -1.10. The fourth-order valence-corrected chi connectivity index (χ4v) is 3.70. The van der Waals surface area contributed by atoms with Crippen LogP contribution in [-0.2, 0) is 0 Å². The number of benzene rings is 1. The third-order valence-electron chi connectivity index (χ3n) is 2.24. The average molecular weight is 267 g/mol. The molecule has 0 unspecified atom stereocenters. The summed E-state index contributed by atoms with van der Waals surface area (Å²) in [6, 6.07) is 9.89. The van der Waals surface area contributed by atoms with Gasteiger partial charge in [-0.05, 0) is 23.8 Å². The number of aromatic nitrogens is 1. The van der Waals surface area contributed by atoms with Crippen LogP contribution in [-0.4, -0.2) is 4.98 Å². The van der Waals surface area contributed by atoms with Gasteiger partial charge in [0.05, 0.1) is 5.52 Å². The molecule has 0 aliphatic carbocycles. The normalized spacial score (nSPS) is 11.1. The van der Waals surface area contributed by atoms with Gasteiger partial charge in [0.2, 0.25) is 0 Å². The quantitative estimate of drug-likeness (QED) is 0.715. The third-order valence-corrected chi connectivity index (χ3v) is 4.65. The van der Waals surface area contributed by atoms with E-state index in [-0.39, 0.29) is 0 Å². The smallest absolute Gasteiger partial charge is 0.181 e. The number of hydrogen-bond acceptors (Lipinski definition) is 4. The molecule has 2 heterocycles. The van der Waals surface area contributed by atoms with E-state index < -0.39 is 0 Å². The van der Waals surface area contributed by atoms with E-state index in [1.165, 1.54) is 20.2 Å².